The smallest absolute Gasteiger partial charge is 0.201 e. The molecular formula is C27H30F2O. The molecule has 0 aliphatic carbocycles. The molecule has 0 fully saturated rings. The summed E-state index contributed by atoms with van der Waals surface area (Å²) in [6.45, 7) is 4.62. The largest absolute Gasteiger partial charge is 0.490 e. The number of hydrogen-bond donors (Lipinski definition) is 0. The van der Waals surface area contributed by atoms with Crippen molar-refractivity contribution in [2.75, 3.05) is 6.61 Å². The van der Waals surface area contributed by atoms with Crippen molar-refractivity contribution in [2.45, 2.75) is 52.4 Å². The van der Waals surface area contributed by atoms with Gasteiger partial charge in [-0.3, -0.25) is 0 Å². The predicted octanol–water partition coefficient (Wildman–Crippen LogP) is 8.21. The van der Waals surface area contributed by atoms with Crippen LogP contribution in [-0.2, 0) is 6.42 Å². The molecule has 0 aromatic heterocycles. The molecule has 0 heterocycles. The lowest BCUT2D eigenvalue weighted by molar-refractivity contribution is 0.289. The van der Waals surface area contributed by atoms with E-state index in [2.05, 4.69) is 31.2 Å². The minimum absolute atomic E-state index is 0.0275. The summed E-state index contributed by atoms with van der Waals surface area (Å²) in [5.74, 6) is -1.82. The van der Waals surface area contributed by atoms with E-state index in [0.717, 1.165) is 30.4 Å². The lowest BCUT2D eigenvalue weighted by Crippen LogP contribution is -2.01. The maximum absolute atomic E-state index is 14.6. The van der Waals surface area contributed by atoms with Crippen molar-refractivity contribution in [2.24, 2.45) is 0 Å². The second kappa shape index (κ2) is 10.9. The van der Waals surface area contributed by atoms with Crippen molar-refractivity contribution in [3.05, 3.63) is 77.9 Å². The van der Waals surface area contributed by atoms with Crippen LogP contribution < -0.4 is 4.74 Å². The third-order valence-corrected chi connectivity index (χ3v) is 5.35. The Hall–Kier alpha value is -2.68. The van der Waals surface area contributed by atoms with Crippen molar-refractivity contribution in [1.29, 1.82) is 0 Å². The molecule has 3 aromatic carbocycles. The van der Waals surface area contributed by atoms with E-state index in [0.29, 0.717) is 12.2 Å². The molecule has 3 aromatic rings. The second-order valence-corrected chi connectivity index (χ2v) is 7.67. The average Bonchev–Trinajstić information content (AvgIpc) is 2.78. The number of aryl methyl sites for hydroxylation is 1. The van der Waals surface area contributed by atoms with Gasteiger partial charge in [0.1, 0.15) is 0 Å². The number of ether oxygens (including phenoxy) is 1. The number of unbranched alkanes of at least 4 members (excludes halogenated alkanes) is 3. The summed E-state index contributed by atoms with van der Waals surface area (Å²) >= 11 is 0. The van der Waals surface area contributed by atoms with Crippen LogP contribution in [0.4, 0.5) is 8.78 Å². The number of benzene rings is 3. The normalized spacial score (nSPS) is 10.9. The van der Waals surface area contributed by atoms with Gasteiger partial charge in [0.2, 0.25) is 5.82 Å². The zero-order valence-corrected chi connectivity index (χ0v) is 17.9. The summed E-state index contributed by atoms with van der Waals surface area (Å²) in [5.41, 5.74) is 4.41. The van der Waals surface area contributed by atoms with Crippen molar-refractivity contribution >= 4 is 0 Å². The standard InChI is InChI=1S/C27H30F2O/c1-3-5-7-8-20-9-11-21(12-10-20)22-13-15-23(16-14-22)24-17-18-25(27(29)26(24)28)30-19-6-4-2/h9-18H,3-8,19H2,1-2H3. The molecule has 158 valence electrons. The number of hydrogen-bond acceptors (Lipinski definition) is 1. The van der Waals surface area contributed by atoms with Crippen LogP contribution >= 0.6 is 0 Å². The highest BCUT2D eigenvalue weighted by atomic mass is 19.2. The van der Waals surface area contributed by atoms with E-state index < -0.39 is 11.6 Å². The van der Waals surface area contributed by atoms with Gasteiger partial charge in [0, 0.05) is 5.56 Å². The molecule has 0 atom stereocenters. The van der Waals surface area contributed by atoms with Crippen LogP contribution in [0.2, 0.25) is 0 Å². The molecule has 0 bridgehead atoms. The van der Waals surface area contributed by atoms with E-state index in [-0.39, 0.29) is 11.3 Å². The highest BCUT2D eigenvalue weighted by molar-refractivity contribution is 5.71. The Morgan fingerprint density at radius 2 is 1.23 bits per heavy atom. The van der Waals surface area contributed by atoms with E-state index in [1.165, 1.54) is 30.9 Å². The van der Waals surface area contributed by atoms with E-state index in [1.54, 1.807) is 6.07 Å². The predicted molar refractivity (Wildman–Crippen MR) is 121 cm³/mol. The SMILES string of the molecule is CCCCCc1ccc(-c2ccc(-c3ccc(OCCCC)c(F)c3F)cc2)cc1. The fourth-order valence-corrected chi connectivity index (χ4v) is 3.48. The molecule has 0 N–H and O–H groups in total. The molecule has 0 aliphatic rings. The quantitative estimate of drug-likeness (QED) is 0.307. The first-order chi connectivity index (χ1) is 14.6. The summed E-state index contributed by atoms with van der Waals surface area (Å²) in [6, 6.07) is 19.2. The summed E-state index contributed by atoms with van der Waals surface area (Å²) in [6.07, 6.45) is 6.56. The van der Waals surface area contributed by atoms with Crippen LogP contribution in [-0.4, -0.2) is 6.61 Å². The lowest BCUT2D eigenvalue weighted by atomic mass is 9.98. The molecule has 0 aliphatic heterocycles. The molecule has 0 amide bonds. The van der Waals surface area contributed by atoms with Crippen molar-refractivity contribution in [3.8, 4) is 28.0 Å². The van der Waals surface area contributed by atoms with Gasteiger partial charge in [0.15, 0.2) is 11.6 Å². The van der Waals surface area contributed by atoms with Crippen molar-refractivity contribution < 1.29 is 13.5 Å². The molecule has 3 heteroatoms. The van der Waals surface area contributed by atoms with Crippen LogP contribution in [0.1, 0.15) is 51.5 Å². The zero-order valence-electron chi connectivity index (χ0n) is 17.9. The van der Waals surface area contributed by atoms with Gasteiger partial charge in [-0.2, -0.15) is 4.39 Å². The monoisotopic (exact) mass is 408 g/mol. The van der Waals surface area contributed by atoms with E-state index >= 15 is 0 Å². The van der Waals surface area contributed by atoms with E-state index in [4.69, 9.17) is 4.74 Å². The zero-order chi connectivity index (χ0) is 21.3. The molecule has 3 rings (SSSR count). The summed E-state index contributed by atoms with van der Waals surface area (Å²) < 4.78 is 34.3. The Balaban J connectivity index is 1.73. The minimum atomic E-state index is -0.925. The van der Waals surface area contributed by atoms with Gasteiger partial charge in [0.25, 0.3) is 0 Å². The van der Waals surface area contributed by atoms with Gasteiger partial charge in [-0.1, -0.05) is 81.6 Å². The number of rotatable bonds is 10. The highest BCUT2D eigenvalue weighted by Gasteiger charge is 2.16. The van der Waals surface area contributed by atoms with Crippen LogP contribution in [0.3, 0.4) is 0 Å². The van der Waals surface area contributed by atoms with Crippen molar-refractivity contribution in [3.63, 3.8) is 0 Å². The van der Waals surface area contributed by atoms with Gasteiger partial charge < -0.3 is 4.74 Å². The first-order valence-corrected chi connectivity index (χ1v) is 10.9. The third kappa shape index (κ3) is 5.47. The molecule has 30 heavy (non-hydrogen) atoms. The Morgan fingerprint density at radius 3 is 1.87 bits per heavy atom. The summed E-state index contributed by atoms with van der Waals surface area (Å²) in [4.78, 5) is 0. The maximum Gasteiger partial charge on any atom is 0.201 e. The molecule has 0 unspecified atom stereocenters. The van der Waals surface area contributed by atoms with Crippen LogP contribution in [0.5, 0.6) is 5.75 Å². The Bertz CT molecular complexity index is 930. The second-order valence-electron chi connectivity index (χ2n) is 7.67. The number of halogens is 2. The molecule has 0 radical (unpaired) electrons. The van der Waals surface area contributed by atoms with Crippen LogP contribution in [0.25, 0.3) is 22.3 Å². The Labute approximate surface area is 178 Å². The Kier molecular flexibility index (Phi) is 8.01. The fourth-order valence-electron chi connectivity index (χ4n) is 3.48. The maximum atomic E-state index is 14.6. The van der Waals surface area contributed by atoms with E-state index in [9.17, 15) is 8.78 Å². The first kappa shape index (κ1) is 22.0. The molecule has 0 saturated heterocycles. The molecule has 0 saturated carbocycles. The third-order valence-electron chi connectivity index (χ3n) is 5.35. The fraction of sp³-hybridized carbons (Fsp3) is 0.333. The summed E-state index contributed by atoms with van der Waals surface area (Å²) in [7, 11) is 0. The topological polar surface area (TPSA) is 9.23 Å². The first-order valence-electron chi connectivity index (χ1n) is 10.9. The van der Waals surface area contributed by atoms with Gasteiger partial charge in [-0.15, -0.1) is 0 Å². The van der Waals surface area contributed by atoms with Crippen molar-refractivity contribution in [1.82, 2.24) is 0 Å². The van der Waals surface area contributed by atoms with Crippen LogP contribution in [0.15, 0.2) is 60.7 Å². The average molecular weight is 409 g/mol. The Morgan fingerprint density at radius 1 is 0.633 bits per heavy atom. The van der Waals surface area contributed by atoms with Gasteiger partial charge >= 0.3 is 0 Å². The lowest BCUT2D eigenvalue weighted by Gasteiger charge is -2.11. The highest BCUT2D eigenvalue weighted by Crippen LogP contribution is 2.31. The van der Waals surface area contributed by atoms with Gasteiger partial charge in [-0.25, -0.2) is 4.39 Å². The van der Waals surface area contributed by atoms with Crippen LogP contribution in [0, 0.1) is 11.6 Å². The summed E-state index contributed by atoms with van der Waals surface area (Å²) in [5, 5.41) is 0. The van der Waals surface area contributed by atoms with Gasteiger partial charge in [-0.05, 0) is 53.6 Å². The molecule has 1 nitrogen and oxygen atoms in total. The van der Waals surface area contributed by atoms with E-state index in [1.807, 2.05) is 31.2 Å². The molecule has 0 spiro atoms. The van der Waals surface area contributed by atoms with Gasteiger partial charge in [0.05, 0.1) is 6.61 Å². The molecular weight excluding hydrogens is 378 g/mol. The minimum Gasteiger partial charge on any atom is -0.490 e.